The maximum atomic E-state index is 12.5. The van der Waals surface area contributed by atoms with Gasteiger partial charge in [0.2, 0.25) is 0 Å². The third-order valence-corrected chi connectivity index (χ3v) is 7.23. The van der Waals surface area contributed by atoms with Crippen molar-refractivity contribution < 1.29 is 28.3 Å². The predicted octanol–water partition coefficient (Wildman–Crippen LogP) is 6.63. The molecule has 0 aliphatic carbocycles. The molecule has 0 fully saturated rings. The zero-order valence-electron chi connectivity index (χ0n) is 23.7. The maximum Gasteiger partial charge on any atom is 0.311 e. The molecule has 214 valence electrons. The maximum absolute atomic E-state index is 12.5. The van der Waals surface area contributed by atoms with Crippen LogP contribution in [0.2, 0.25) is 0 Å². The van der Waals surface area contributed by atoms with Crippen LogP contribution >= 0.6 is 0 Å². The number of imide groups is 1. The van der Waals surface area contributed by atoms with E-state index in [2.05, 4.69) is 0 Å². The van der Waals surface area contributed by atoms with Crippen molar-refractivity contribution in [3.05, 3.63) is 119 Å². The molecule has 2 amide bonds. The summed E-state index contributed by atoms with van der Waals surface area (Å²) >= 11 is 0. The van der Waals surface area contributed by atoms with E-state index in [9.17, 15) is 14.4 Å². The number of rotatable bonds is 8. The minimum absolute atomic E-state index is 0.0620. The fraction of sp³-hybridized carbons (Fsp3) is 0.143. The molecule has 1 aromatic heterocycles. The molecular formula is C35H28N2O6. The van der Waals surface area contributed by atoms with Gasteiger partial charge in [0.05, 0.1) is 29.3 Å². The van der Waals surface area contributed by atoms with Gasteiger partial charge in [-0.05, 0) is 86.1 Å². The standard InChI is InChI=1S/C35H28N2O6/c1-22-9-18-31-29(20-22)30(21-32(43-31)23-10-14-25(41-2)15-11-23)36-24-12-16-26(17-13-24)42-33(38)8-5-19-37-34(39)27-6-3-4-7-28(27)35(37)40/h3-4,6-7,9-18,20-21H,5,8,19H2,1-2H3. The van der Waals surface area contributed by atoms with Gasteiger partial charge in [-0.25, -0.2) is 4.99 Å². The number of nitrogens with zero attached hydrogens (tertiary/aromatic N) is 2. The van der Waals surface area contributed by atoms with Crippen molar-refractivity contribution in [2.75, 3.05) is 13.7 Å². The number of amides is 2. The van der Waals surface area contributed by atoms with Gasteiger partial charge in [0.15, 0.2) is 0 Å². The SMILES string of the molecule is COc1ccc(-c2cc(=Nc3ccc(OC(=O)CCCN4C(=O)c5ccccc5C4=O)cc3)c3cc(C)ccc3o2)cc1. The molecule has 8 nitrogen and oxygen atoms in total. The van der Waals surface area contributed by atoms with E-state index in [-0.39, 0.29) is 24.8 Å². The minimum atomic E-state index is -0.448. The highest BCUT2D eigenvalue weighted by Gasteiger charge is 2.34. The van der Waals surface area contributed by atoms with Gasteiger partial charge in [-0.3, -0.25) is 19.3 Å². The summed E-state index contributed by atoms with van der Waals surface area (Å²) in [7, 11) is 1.63. The Morgan fingerprint density at radius 1 is 0.837 bits per heavy atom. The van der Waals surface area contributed by atoms with E-state index in [4.69, 9.17) is 18.9 Å². The summed E-state index contributed by atoms with van der Waals surface area (Å²) in [6.07, 6.45) is 0.367. The Bertz CT molecular complexity index is 1890. The Labute approximate surface area is 247 Å². The smallest absolute Gasteiger partial charge is 0.311 e. The molecular weight excluding hydrogens is 544 g/mol. The topological polar surface area (TPSA) is 98.4 Å². The van der Waals surface area contributed by atoms with Gasteiger partial charge in [-0.2, -0.15) is 0 Å². The molecule has 1 aliphatic heterocycles. The Morgan fingerprint density at radius 3 is 2.19 bits per heavy atom. The molecule has 6 rings (SSSR count). The monoisotopic (exact) mass is 572 g/mol. The molecule has 43 heavy (non-hydrogen) atoms. The van der Waals surface area contributed by atoms with E-state index < -0.39 is 5.97 Å². The van der Waals surface area contributed by atoms with Crippen molar-refractivity contribution >= 4 is 34.4 Å². The fourth-order valence-corrected chi connectivity index (χ4v) is 5.01. The van der Waals surface area contributed by atoms with Crippen LogP contribution in [0.25, 0.3) is 22.3 Å². The fourth-order valence-electron chi connectivity index (χ4n) is 5.01. The van der Waals surface area contributed by atoms with E-state index in [1.807, 2.05) is 55.5 Å². The van der Waals surface area contributed by atoms with Crippen molar-refractivity contribution in [2.45, 2.75) is 19.8 Å². The Kier molecular flexibility index (Phi) is 7.57. The first-order chi connectivity index (χ1) is 20.9. The van der Waals surface area contributed by atoms with Gasteiger partial charge in [0, 0.05) is 30.0 Å². The van der Waals surface area contributed by atoms with E-state index >= 15 is 0 Å². The molecule has 0 radical (unpaired) electrons. The van der Waals surface area contributed by atoms with Gasteiger partial charge in [-0.1, -0.05) is 23.8 Å². The number of aryl methyl sites for hydroxylation is 1. The average Bonchev–Trinajstić information content (AvgIpc) is 3.27. The summed E-state index contributed by atoms with van der Waals surface area (Å²) in [5, 5.41) is 1.62. The van der Waals surface area contributed by atoms with Gasteiger partial charge in [0.25, 0.3) is 11.8 Å². The van der Waals surface area contributed by atoms with Gasteiger partial charge >= 0.3 is 5.97 Å². The van der Waals surface area contributed by atoms with E-state index in [0.29, 0.717) is 40.3 Å². The molecule has 1 aliphatic rings. The predicted molar refractivity (Wildman–Crippen MR) is 161 cm³/mol. The van der Waals surface area contributed by atoms with Crippen LogP contribution < -0.4 is 14.8 Å². The lowest BCUT2D eigenvalue weighted by molar-refractivity contribution is -0.134. The van der Waals surface area contributed by atoms with Gasteiger partial charge in [0.1, 0.15) is 22.8 Å². The highest BCUT2D eigenvalue weighted by Crippen LogP contribution is 2.26. The first-order valence-corrected chi connectivity index (χ1v) is 13.9. The lowest BCUT2D eigenvalue weighted by Gasteiger charge is -2.13. The van der Waals surface area contributed by atoms with Gasteiger partial charge < -0.3 is 13.9 Å². The third kappa shape index (κ3) is 5.81. The molecule has 8 heteroatoms. The Balaban J connectivity index is 1.15. The molecule has 0 bridgehead atoms. The average molecular weight is 573 g/mol. The third-order valence-electron chi connectivity index (χ3n) is 7.23. The number of fused-ring (bicyclic) bond motifs is 2. The van der Waals surface area contributed by atoms with Crippen LogP contribution in [-0.2, 0) is 4.79 Å². The number of methoxy groups -OCH3 is 1. The summed E-state index contributed by atoms with van der Waals surface area (Å²) in [4.78, 5) is 43.6. The van der Waals surface area contributed by atoms with Crippen LogP contribution in [-0.4, -0.2) is 36.3 Å². The van der Waals surface area contributed by atoms with Crippen molar-refractivity contribution in [3.8, 4) is 22.8 Å². The Morgan fingerprint density at radius 2 is 1.51 bits per heavy atom. The molecule has 0 N–H and O–H groups in total. The van der Waals surface area contributed by atoms with Crippen LogP contribution in [0.5, 0.6) is 11.5 Å². The van der Waals surface area contributed by atoms with Crippen LogP contribution in [0.1, 0.15) is 39.1 Å². The first-order valence-electron chi connectivity index (χ1n) is 13.9. The lowest BCUT2D eigenvalue weighted by atomic mass is 10.1. The Hall–Kier alpha value is -5.50. The number of carbonyl (C=O) groups is 3. The molecule has 0 unspecified atom stereocenters. The number of ether oxygens (including phenoxy) is 2. The largest absolute Gasteiger partial charge is 0.497 e. The van der Waals surface area contributed by atoms with Crippen molar-refractivity contribution in [2.24, 2.45) is 4.99 Å². The molecule has 0 saturated carbocycles. The second-order valence-electron chi connectivity index (χ2n) is 10.2. The number of benzene rings is 4. The number of carbonyl (C=O) groups excluding carboxylic acids is 3. The quantitative estimate of drug-likeness (QED) is 0.118. The summed E-state index contributed by atoms with van der Waals surface area (Å²) < 4.78 is 17.0. The highest BCUT2D eigenvalue weighted by molar-refractivity contribution is 6.21. The van der Waals surface area contributed by atoms with E-state index in [1.54, 1.807) is 55.6 Å². The zero-order chi connectivity index (χ0) is 29.9. The molecule has 0 saturated heterocycles. The lowest BCUT2D eigenvalue weighted by Crippen LogP contribution is -2.31. The van der Waals surface area contributed by atoms with Crippen LogP contribution in [0.4, 0.5) is 5.69 Å². The minimum Gasteiger partial charge on any atom is -0.497 e. The van der Waals surface area contributed by atoms with Crippen molar-refractivity contribution in [1.82, 2.24) is 4.90 Å². The summed E-state index contributed by atoms with van der Waals surface area (Å²) in [5.74, 6) is 0.695. The molecule has 2 heterocycles. The summed E-state index contributed by atoms with van der Waals surface area (Å²) in [6.45, 7) is 2.16. The normalized spacial score (nSPS) is 13.0. The van der Waals surface area contributed by atoms with Gasteiger partial charge in [-0.15, -0.1) is 0 Å². The summed E-state index contributed by atoms with van der Waals surface area (Å²) in [5.41, 5.74) is 4.16. The molecule has 5 aromatic rings. The summed E-state index contributed by atoms with van der Waals surface area (Å²) in [6, 6.07) is 29.2. The number of hydrogen-bond acceptors (Lipinski definition) is 7. The van der Waals surface area contributed by atoms with Crippen LogP contribution in [0.3, 0.4) is 0 Å². The number of esters is 1. The zero-order valence-corrected chi connectivity index (χ0v) is 23.7. The second-order valence-corrected chi connectivity index (χ2v) is 10.2. The molecule has 0 spiro atoms. The first kappa shape index (κ1) is 27.7. The van der Waals surface area contributed by atoms with Crippen molar-refractivity contribution in [3.63, 3.8) is 0 Å². The molecule has 4 aromatic carbocycles. The van der Waals surface area contributed by atoms with E-state index in [0.717, 1.165) is 27.6 Å². The van der Waals surface area contributed by atoms with Crippen LogP contribution in [0, 0.1) is 6.92 Å². The number of hydrogen-bond donors (Lipinski definition) is 0. The molecule has 0 atom stereocenters. The van der Waals surface area contributed by atoms with Crippen molar-refractivity contribution in [1.29, 1.82) is 0 Å². The van der Waals surface area contributed by atoms with Crippen LogP contribution in [0.15, 0.2) is 106 Å². The van der Waals surface area contributed by atoms with E-state index in [1.165, 1.54) is 4.90 Å². The highest BCUT2D eigenvalue weighted by atomic mass is 16.5. The second kappa shape index (κ2) is 11.8.